The first kappa shape index (κ1) is 11.2. The predicted molar refractivity (Wildman–Crippen MR) is 56.7 cm³/mol. The van der Waals surface area contributed by atoms with Crippen molar-refractivity contribution in [3.05, 3.63) is 12.7 Å². The van der Waals surface area contributed by atoms with E-state index in [-0.39, 0.29) is 0 Å². The van der Waals surface area contributed by atoms with Crippen LogP contribution < -0.4 is 0 Å². The van der Waals surface area contributed by atoms with Gasteiger partial charge in [-0.15, -0.1) is 6.58 Å². The standard InChI is InChI=1S/C9H19ClSi/c1-5-6-7-9(2)8-11(3,4)10/h5,9H,1,6-8H2,2-4H3. The summed E-state index contributed by atoms with van der Waals surface area (Å²) in [6, 6.07) is 1.22. The maximum absolute atomic E-state index is 6.22. The second-order valence-electron chi connectivity index (χ2n) is 3.89. The Labute approximate surface area is 76.4 Å². The molecule has 0 aliphatic heterocycles. The molecule has 11 heavy (non-hydrogen) atoms. The minimum Gasteiger partial charge on any atom is -0.168 e. The molecule has 0 heterocycles. The molecule has 0 amide bonds. The van der Waals surface area contributed by atoms with Gasteiger partial charge in [0, 0.05) is 0 Å². The van der Waals surface area contributed by atoms with E-state index in [1.54, 1.807) is 0 Å². The summed E-state index contributed by atoms with van der Waals surface area (Å²) >= 11 is 6.22. The molecule has 0 aromatic heterocycles. The van der Waals surface area contributed by atoms with Crippen molar-refractivity contribution < 1.29 is 0 Å². The van der Waals surface area contributed by atoms with E-state index in [1.807, 2.05) is 6.08 Å². The molecule has 0 spiro atoms. The molecule has 1 unspecified atom stereocenters. The Morgan fingerprint density at radius 2 is 2.09 bits per heavy atom. The Kier molecular flexibility index (Phi) is 5.10. The third-order valence-electron chi connectivity index (χ3n) is 1.70. The van der Waals surface area contributed by atoms with Gasteiger partial charge in [-0.3, -0.25) is 0 Å². The Morgan fingerprint density at radius 1 is 1.55 bits per heavy atom. The number of halogens is 1. The molecule has 0 N–H and O–H groups in total. The molecule has 0 fully saturated rings. The SMILES string of the molecule is C=CCCC(C)C[Si](C)(C)Cl. The fourth-order valence-corrected chi connectivity index (χ4v) is 3.98. The molecule has 0 aliphatic rings. The van der Waals surface area contributed by atoms with Crippen molar-refractivity contribution in [3.63, 3.8) is 0 Å². The van der Waals surface area contributed by atoms with E-state index < -0.39 is 7.38 Å². The van der Waals surface area contributed by atoms with E-state index in [2.05, 4.69) is 26.6 Å². The first-order valence-electron chi connectivity index (χ1n) is 4.25. The highest BCUT2D eigenvalue weighted by Crippen LogP contribution is 2.23. The highest BCUT2D eigenvalue weighted by Gasteiger charge is 2.19. The fourth-order valence-electron chi connectivity index (χ4n) is 1.33. The normalized spacial score (nSPS) is 14.5. The molecule has 66 valence electrons. The lowest BCUT2D eigenvalue weighted by atomic mass is 10.1. The zero-order valence-electron chi connectivity index (χ0n) is 7.86. The average molecular weight is 191 g/mol. The predicted octanol–water partition coefficient (Wildman–Crippen LogP) is 4.03. The first-order valence-corrected chi connectivity index (χ1v) is 8.47. The van der Waals surface area contributed by atoms with Gasteiger partial charge in [-0.2, -0.15) is 11.1 Å². The first-order chi connectivity index (χ1) is 4.95. The molecule has 0 radical (unpaired) electrons. The van der Waals surface area contributed by atoms with Gasteiger partial charge in [0.15, 0.2) is 7.38 Å². The van der Waals surface area contributed by atoms with Gasteiger partial charge in [-0.25, -0.2) is 0 Å². The number of hydrogen-bond donors (Lipinski definition) is 0. The lowest BCUT2D eigenvalue weighted by Gasteiger charge is -2.18. The largest absolute Gasteiger partial charge is 0.168 e. The molecule has 0 aliphatic carbocycles. The van der Waals surface area contributed by atoms with Gasteiger partial charge in [-0.1, -0.05) is 26.1 Å². The summed E-state index contributed by atoms with van der Waals surface area (Å²) in [4.78, 5) is 0. The maximum atomic E-state index is 6.22. The summed E-state index contributed by atoms with van der Waals surface area (Å²) in [5, 5.41) is 0. The van der Waals surface area contributed by atoms with Crippen molar-refractivity contribution in [1.29, 1.82) is 0 Å². The quantitative estimate of drug-likeness (QED) is 0.349. The second kappa shape index (κ2) is 4.99. The zero-order valence-corrected chi connectivity index (χ0v) is 9.62. The molecule has 0 aromatic carbocycles. The topological polar surface area (TPSA) is 0 Å². The minimum atomic E-state index is -1.33. The molecule has 2 heteroatoms. The van der Waals surface area contributed by atoms with Crippen LogP contribution >= 0.6 is 11.1 Å². The Bertz CT molecular complexity index is 115. The Balaban J connectivity index is 3.51. The Hall–Kier alpha value is 0.247. The van der Waals surface area contributed by atoms with Crippen LogP contribution in [0.3, 0.4) is 0 Å². The third-order valence-corrected chi connectivity index (χ3v) is 3.83. The summed E-state index contributed by atoms with van der Waals surface area (Å²) in [6.07, 6.45) is 4.36. The molecular formula is C9H19ClSi. The van der Waals surface area contributed by atoms with E-state index in [0.717, 1.165) is 12.3 Å². The van der Waals surface area contributed by atoms with Crippen molar-refractivity contribution in [1.82, 2.24) is 0 Å². The van der Waals surface area contributed by atoms with Crippen molar-refractivity contribution in [2.75, 3.05) is 0 Å². The van der Waals surface area contributed by atoms with Crippen molar-refractivity contribution in [2.24, 2.45) is 5.92 Å². The molecule has 0 aromatic rings. The van der Waals surface area contributed by atoms with Gasteiger partial charge in [-0.05, 0) is 24.8 Å². The maximum Gasteiger partial charge on any atom is 0.150 e. The Morgan fingerprint density at radius 3 is 2.45 bits per heavy atom. The van der Waals surface area contributed by atoms with E-state index >= 15 is 0 Å². The van der Waals surface area contributed by atoms with Crippen molar-refractivity contribution in [3.8, 4) is 0 Å². The van der Waals surface area contributed by atoms with Crippen LogP contribution in [0.25, 0.3) is 0 Å². The lowest BCUT2D eigenvalue weighted by molar-refractivity contribution is 0.588. The van der Waals surface area contributed by atoms with E-state index in [1.165, 1.54) is 12.5 Å². The summed E-state index contributed by atoms with van der Waals surface area (Å²) < 4.78 is 0. The second-order valence-corrected chi connectivity index (χ2v) is 10.8. The van der Waals surface area contributed by atoms with E-state index in [0.29, 0.717) is 0 Å². The summed E-state index contributed by atoms with van der Waals surface area (Å²) in [6.45, 7) is 10.4. The van der Waals surface area contributed by atoms with Crippen LogP contribution in [0, 0.1) is 5.92 Å². The zero-order chi connectivity index (χ0) is 8.91. The van der Waals surface area contributed by atoms with Gasteiger partial charge in [0.1, 0.15) is 0 Å². The van der Waals surface area contributed by atoms with Gasteiger partial charge >= 0.3 is 0 Å². The number of hydrogen-bond acceptors (Lipinski definition) is 0. The van der Waals surface area contributed by atoms with E-state index in [4.69, 9.17) is 11.1 Å². The number of allylic oxidation sites excluding steroid dienone is 1. The van der Waals surface area contributed by atoms with Crippen LogP contribution in [0.15, 0.2) is 12.7 Å². The van der Waals surface area contributed by atoms with Gasteiger partial charge < -0.3 is 0 Å². The van der Waals surface area contributed by atoms with Gasteiger partial charge in [0.25, 0.3) is 0 Å². The highest BCUT2D eigenvalue weighted by molar-refractivity contribution is 7.19. The molecular weight excluding hydrogens is 172 g/mol. The molecule has 0 saturated heterocycles. The van der Waals surface area contributed by atoms with E-state index in [9.17, 15) is 0 Å². The molecule has 0 bridgehead atoms. The summed E-state index contributed by atoms with van der Waals surface area (Å²) in [5.74, 6) is 0.771. The van der Waals surface area contributed by atoms with Crippen molar-refractivity contribution in [2.45, 2.75) is 38.9 Å². The number of rotatable bonds is 5. The molecule has 0 saturated carbocycles. The van der Waals surface area contributed by atoms with Crippen LogP contribution in [-0.2, 0) is 0 Å². The molecule has 1 atom stereocenters. The lowest BCUT2D eigenvalue weighted by Crippen LogP contribution is -2.19. The van der Waals surface area contributed by atoms with Crippen LogP contribution in [0.2, 0.25) is 19.1 Å². The average Bonchev–Trinajstić information content (AvgIpc) is 1.79. The monoisotopic (exact) mass is 190 g/mol. The van der Waals surface area contributed by atoms with Gasteiger partial charge in [0.05, 0.1) is 0 Å². The smallest absolute Gasteiger partial charge is 0.150 e. The summed E-state index contributed by atoms with van der Waals surface area (Å²) in [7, 11) is -1.33. The fraction of sp³-hybridized carbons (Fsp3) is 0.778. The minimum absolute atomic E-state index is 0.771. The van der Waals surface area contributed by atoms with Crippen LogP contribution in [-0.4, -0.2) is 7.38 Å². The van der Waals surface area contributed by atoms with Crippen molar-refractivity contribution >= 4 is 18.5 Å². The molecule has 0 rings (SSSR count). The third kappa shape index (κ3) is 8.15. The van der Waals surface area contributed by atoms with Crippen LogP contribution in [0.5, 0.6) is 0 Å². The van der Waals surface area contributed by atoms with Crippen LogP contribution in [0.1, 0.15) is 19.8 Å². The highest BCUT2D eigenvalue weighted by atomic mass is 35.6. The van der Waals surface area contributed by atoms with Gasteiger partial charge in [0.2, 0.25) is 0 Å². The van der Waals surface area contributed by atoms with Crippen LogP contribution in [0.4, 0.5) is 0 Å². The molecule has 0 nitrogen and oxygen atoms in total. The summed E-state index contributed by atoms with van der Waals surface area (Å²) in [5.41, 5.74) is 0.